The molecule has 1 fully saturated rings. The lowest BCUT2D eigenvalue weighted by atomic mass is 9.92. The Kier molecular flexibility index (Phi) is 4.80. The first-order valence-electron chi connectivity index (χ1n) is 8.77. The molecule has 4 rings (SSSR count). The highest BCUT2D eigenvalue weighted by Crippen LogP contribution is 2.32. The number of alkyl halides is 1. The number of likely N-dealkylation sites (tertiary alicyclic amines) is 1. The van der Waals surface area contributed by atoms with Crippen LogP contribution in [0.3, 0.4) is 0 Å². The van der Waals surface area contributed by atoms with Crippen LogP contribution in [0.1, 0.15) is 24.5 Å². The zero-order chi connectivity index (χ0) is 17.9. The first-order valence-corrected chi connectivity index (χ1v) is 9.30. The number of pyridine rings is 1. The third-order valence-electron chi connectivity index (χ3n) is 4.83. The summed E-state index contributed by atoms with van der Waals surface area (Å²) in [5, 5.41) is 1.05. The van der Waals surface area contributed by atoms with Gasteiger partial charge in [0, 0.05) is 42.4 Å². The molecule has 1 atom stereocenters. The number of para-hydroxylation sites is 1. The Morgan fingerprint density at radius 3 is 2.88 bits per heavy atom. The van der Waals surface area contributed by atoms with Crippen molar-refractivity contribution in [1.82, 2.24) is 19.9 Å². The number of carbonyl (C=O) groups excluding carboxylic acids is 1. The highest BCUT2D eigenvalue weighted by atomic mass is 35.5. The average Bonchev–Trinajstić information content (AvgIpc) is 2.73. The van der Waals surface area contributed by atoms with Crippen molar-refractivity contribution in [2.24, 2.45) is 0 Å². The number of piperidine rings is 1. The summed E-state index contributed by atoms with van der Waals surface area (Å²) in [4.78, 5) is 27.7. The maximum absolute atomic E-state index is 12.0. The number of aromatic nitrogens is 3. The molecule has 3 aromatic rings. The molecule has 0 saturated carbocycles. The molecule has 1 amide bonds. The SMILES string of the molecule is O=C(CCl)N1CCCC(c2nc(-c3cccnc3)nc3ccccc23)C1. The first kappa shape index (κ1) is 16.9. The molecule has 3 heterocycles. The molecular formula is C20H19ClN4O. The van der Waals surface area contributed by atoms with Crippen LogP contribution in [0.25, 0.3) is 22.3 Å². The van der Waals surface area contributed by atoms with Crippen LogP contribution >= 0.6 is 11.6 Å². The van der Waals surface area contributed by atoms with E-state index in [1.54, 1.807) is 12.4 Å². The minimum absolute atomic E-state index is 0.0118. The summed E-state index contributed by atoms with van der Waals surface area (Å²) in [5.74, 6) is 0.868. The van der Waals surface area contributed by atoms with Crippen LogP contribution in [0, 0.1) is 0 Å². The Morgan fingerprint density at radius 1 is 1.19 bits per heavy atom. The summed E-state index contributed by atoms with van der Waals surface area (Å²) in [6.07, 6.45) is 5.47. The summed E-state index contributed by atoms with van der Waals surface area (Å²) < 4.78 is 0. The number of nitrogens with zero attached hydrogens (tertiary/aromatic N) is 4. The number of benzene rings is 1. The molecule has 0 N–H and O–H groups in total. The molecule has 26 heavy (non-hydrogen) atoms. The lowest BCUT2D eigenvalue weighted by Gasteiger charge is -2.32. The second-order valence-electron chi connectivity index (χ2n) is 6.50. The maximum Gasteiger partial charge on any atom is 0.237 e. The number of halogens is 1. The van der Waals surface area contributed by atoms with Gasteiger partial charge in [-0.3, -0.25) is 9.78 Å². The molecular weight excluding hydrogens is 348 g/mol. The van der Waals surface area contributed by atoms with Gasteiger partial charge in [0.1, 0.15) is 5.88 Å². The zero-order valence-electron chi connectivity index (χ0n) is 14.3. The Balaban J connectivity index is 1.79. The Hall–Kier alpha value is -2.53. The lowest BCUT2D eigenvalue weighted by Crippen LogP contribution is -2.40. The molecule has 1 aromatic carbocycles. The molecule has 1 aliphatic heterocycles. The van der Waals surface area contributed by atoms with Crippen LogP contribution in [0.2, 0.25) is 0 Å². The number of hydrogen-bond donors (Lipinski definition) is 0. The molecule has 0 radical (unpaired) electrons. The maximum atomic E-state index is 12.0. The Bertz CT molecular complexity index is 932. The van der Waals surface area contributed by atoms with Gasteiger partial charge in [-0.05, 0) is 31.0 Å². The van der Waals surface area contributed by atoms with Crippen molar-refractivity contribution in [3.8, 4) is 11.4 Å². The summed E-state index contributed by atoms with van der Waals surface area (Å²) >= 11 is 5.76. The van der Waals surface area contributed by atoms with Crippen molar-refractivity contribution in [3.63, 3.8) is 0 Å². The van der Waals surface area contributed by atoms with Crippen LogP contribution in [-0.4, -0.2) is 44.7 Å². The van der Waals surface area contributed by atoms with E-state index in [4.69, 9.17) is 21.6 Å². The second-order valence-corrected chi connectivity index (χ2v) is 6.77. The van der Waals surface area contributed by atoms with E-state index < -0.39 is 0 Å². The first-order chi connectivity index (χ1) is 12.8. The van der Waals surface area contributed by atoms with Crippen molar-refractivity contribution in [1.29, 1.82) is 0 Å². The van der Waals surface area contributed by atoms with Gasteiger partial charge >= 0.3 is 0 Å². The molecule has 1 aliphatic rings. The fraction of sp³-hybridized carbons (Fsp3) is 0.300. The Morgan fingerprint density at radius 2 is 2.08 bits per heavy atom. The second kappa shape index (κ2) is 7.38. The standard InChI is InChI=1S/C20H19ClN4O/c21-11-18(26)25-10-4-6-15(13-25)19-16-7-1-2-8-17(16)23-20(24-19)14-5-3-9-22-12-14/h1-3,5,7-9,12,15H,4,6,10-11,13H2. The topological polar surface area (TPSA) is 59.0 Å². The van der Waals surface area contributed by atoms with Gasteiger partial charge < -0.3 is 4.90 Å². The quantitative estimate of drug-likeness (QED) is 0.664. The van der Waals surface area contributed by atoms with Crippen LogP contribution in [0.4, 0.5) is 0 Å². The van der Waals surface area contributed by atoms with Crippen LogP contribution < -0.4 is 0 Å². The van der Waals surface area contributed by atoms with Gasteiger partial charge in [0.25, 0.3) is 0 Å². The third-order valence-corrected chi connectivity index (χ3v) is 5.06. The number of carbonyl (C=O) groups is 1. The van der Waals surface area contributed by atoms with E-state index >= 15 is 0 Å². The largest absolute Gasteiger partial charge is 0.341 e. The van der Waals surface area contributed by atoms with Crippen LogP contribution in [0.15, 0.2) is 48.8 Å². The van der Waals surface area contributed by atoms with Crippen molar-refractivity contribution >= 4 is 28.4 Å². The van der Waals surface area contributed by atoms with E-state index in [-0.39, 0.29) is 17.7 Å². The molecule has 1 unspecified atom stereocenters. The van der Waals surface area contributed by atoms with Crippen molar-refractivity contribution in [2.75, 3.05) is 19.0 Å². The third kappa shape index (κ3) is 3.27. The molecule has 0 spiro atoms. The van der Waals surface area contributed by atoms with E-state index in [1.807, 2.05) is 35.2 Å². The molecule has 2 aromatic heterocycles. The molecule has 0 bridgehead atoms. The minimum Gasteiger partial charge on any atom is -0.341 e. The van der Waals surface area contributed by atoms with Gasteiger partial charge in [-0.15, -0.1) is 11.6 Å². The highest BCUT2D eigenvalue weighted by Gasteiger charge is 2.27. The predicted octanol–water partition coefficient (Wildman–Crippen LogP) is 3.64. The summed E-state index contributed by atoms with van der Waals surface area (Å²) in [6.45, 7) is 1.42. The fourth-order valence-electron chi connectivity index (χ4n) is 3.55. The minimum atomic E-state index is -0.0118. The fourth-order valence-corrected chi connectivity index (χ4v) is 3.72. The van der Waals surface area contributed by atoms with Crippen molar-refractivity contribution in [3.05, 3.63) is 54.5 Å². The van der Waals surface area contributed by atoms with Crippen molar-refractivity contribution < 1.29 is 4.79 Å². The normalized spacial score (nSPS) is 17.4. The molecule has 5 nitrogen and oxygen atoms in total. The smallest absolute Gasteiger partial charge is 0.237 e. The monoisotopic (exact) mass is 366 g/mol. The van der Waals surface area contributed by atoms with E-state index in [2.05, 4.69) is 11.1 Å². The van der Waals surface area contributed by atoms with Gasteiger partial charge in [0.2, 0.25) is 5.91 Å². The van der Waals surface area contributed by atoms with E-state index in [9.17, 15) is 4.79 Å². The predicted molar refractivity (Wildman–Crippen MR) is 102 cm³/mol. The number of rotatable bonds is 3. The number of fused-ring (bicyclic) bond motifs is 1. The van der Waals surface area contributed by atoms with E-state index in [0.717, 1.165) is 41.5 Å². The van der Waals surface area contributed by atoms with Crippen LogP contribution in [-0.2, 0) is 4.79 Å². The van der Waals surface area contributed by atoms with E-state index in [0.29, 0.717) is 12.4 Å². The number of amides is 1. The van der Waals surface area contributed by atoms with Crippen molar-refractivity contribution in [2.45, 2.75) is 18.8 Å². The number of hydrogen-bond acceptors (Lipinski definition) is 4. The average molecular weight is 367 g/mol. The van der Waals surface area contributed by atoms with Crippen LogP contribution in [0.5, 0.6) is 0 Å². The summed E-state index contributed by atoms with van der Waals surface area (Å²) in [5.41, 5.74) is 2.81. The van der Waals surface area contributed by atoms with Gasteiger partial charge in [-0.25, -0.2) is 9.97 Å². The van der Waals surface area contributed by atoms with Gasteiger partial charge in [-0.1, -0.05) is 18.2 Å². The summed E-state index contributed by atoms with van der Waals surface area (Å²) in [6, 6.07) is 11.9. The van der Waals surface area contributed by atoms with Gasteiger partial charge in [0.15, 0.2) is 5.82 Å². The lowest BCUT2D eigenvalue weighted by molar-refractivity contribution is -0.129. The Labute approximate surface area is 157 Å². The van der Waals surface area contributed by atoms with Gasteiger partial charge in [0.05, 0.1) is 11.2 Å². The van der Waals surface area contributed by atoms with E-state index in [1.165, 1.54) is 0 Å². The molecule has 6 heteroatoms. The summed E-state index contributed by atoms with van der Waals surface area (Å²) in [7, 11) is 0. The zero-order valence-corrected chi connectivity index (χ0v) is 15.1. The molecule has 0 aliphatic carbocycles. The molecule has 1 saturated heterocycles. The van der Waals surface area contributed by atoms with Gasteiger partial charge in [-0.2, -0.15) is 0 Å². The molecule has 132 valence electrons. The highest BCUT2D eigenvalue weighted by molar-refractivity contribution is 6.27.